The molecule has 0 saturated carbocycles. The van der Waals surface area contributed by atoms with E-state index in [0.717, 1.165) is 18.4 Å². The molecule has 0 bridgehead atoms. The summed E-state index contributed by atoms with van der Waals surface area (Å²) in [4.78, 5) is 20.8. The zero-order chi connectivity index (χ0) is 17.8. The van der Waals surface area contributed by atoms with Crippen molar-refractivity contribution >= 4 is 23.2 Å². The van der Waals surface area contributed by atoms with Crippen molar-refractivity contribution < 1.29 is 4.79 Å². The second kappa shape index (κ2) is 5.70. The topological polar surface area (TPSA) is 58.7 Å². The second-order valence-corrected chi connectivity index (χ2v) is 8.24. The number of thiophene rings is 1. The number of hydrogen-bond acceptors (Lipinski definition) is 4. The molecule has 1 aliphatic heterocycles. The number of carbonyl (C=O) groups is 1. The molecule has 2 heterocycles. The van der Waals surface area contributed by atoms with Crippen LogP contribution >= 0.6 is 11.3 Å². The van der Waals surface area contributed by atoms with Gasteiger partial charge in [0, 0.05) is 11.9 Å². The second-order valence-electron chi connectivity index (χ2n) is 7.32. The predicted molar refractivity (Wildman–Crippen MR) is 102 cm³/mol. The number of aliphatic imine (C=N–C) groups is 1. The Morgan fingerprint density at radius 3 is 2.68 bits per heavy atom. The largest absolute Gasteiger partial charge is 0.369 e. The first-order valence-corrected chi connectivity index (χ1v) is 9.61. The number of nitrogens with zero attached hydrogens (tertiary/aromatic N) is 2. The van der Waals surface area contributed by atoms with Crippen LogP contribution in [-0.4, -0.2) is 23.8 Å². The van der Waals surface area contributed by atoms with Crippen LogP contribution in [0.15, 0.2) is 40.7 Å². The number of amides is 1. The van der Waals surface area contributed by atoms with Crippen LogP contribution in [-0.2, 0) is 16.8 Å². The molecule has 5 heteroatoms. The highest BCUT2D eigenvalue weighted by molar-refractivity contribution is 7.10. The van der Waals surface area contributed by atoms with E-state index < -0.39 is 5.54 Å². The molecule has 1 aliphatic carbocycles. The highest BCUT2D eigenvalue weighted by atomic mass is 32.1. The summed E-state index contributed by atoms with van der Waals surface area (Å²) in [6.07, 6.45) is 1.79. The van der Waals surface area contributed by atoms with E-state index in [4.69, 9.17) is 10.7 Å². The molecule has 0 unspecified atom stereocenters. The lowest BCUT2D eigenvalue weighted by molar-refractivity contribution is -0.130. The summed E-state index contributed by atoms with van der Waals surface area (Å²) in [5.74, 6) is 0.509. The van der Waals surface area contributed by atoms with Crippen molar-refractivity contribution in [2.75, 3.05) is 7.05 Å². The number of guanidine groups is 1. The Labute approximate surface area is 152 Å². The van der Waals surface area contributed by atoms with E-state index in [2.05, 4.69) is 49.6 Å². The summed E-state index contributed by atoms with van der Waals surface area (Å²) in [6.45, 7) is 4.35. The lowest BCUT2D eigenvalue weighted by Gasteiger charge is -2.40. The van der Waals surface area contributed by atoms with Crippen molar-refractivity contribution in [3.05, 3.63) is 57.3 Å². The fourth-order valence-corrected chi connectivity index (χ4v) is 5.24. The third kappa shape index (κ3) is 2.33. The minimum Gasteiger partial charge on any atom is -0.369 e. The number of hydrogen-bond donors (Lipinski definition) is 1. The van der Waals surface area contributed by atoms with E-state index in [-0.39, 0.29) is 11.8 Å². The normalized spacial score (nSPS) is 25.6. The van der Waals surface area contributed by atoms with Gasteiger partial charge in [-0.05, 0) is 46.9 Å². The van der Waals surface area contributed by atoms with Crippen LogP contribution in [0.2, 0.25) is 0 Å². The first kappa shape index (κ1) is 16.3. The molecular weight excluding hydrogens is 330 g/mol. The number of nitrogens with two attached hydrogens (primary N) is 1. The number of rotatable bonds is 2. The fraction of sp³-hybridized carbons (Fsp3) is 0.400. The van der Waals surface area contributed by atoms with Crippen molar-refractivity contribution in [2.24, 2.45) is 10.7 Å². The predicted octanol–water partition coefficient (Wildman–Crippen LogP) is 3.58. The van der Waals surface area contributed by atoms with Gasteiger partial charge in [-0.2, -0.15) is 0 Å². The van der Waals surface area contributed by atoms with E-state index in [1.165, 1.54) is 20.9 Å². The Balaban J connectivity index is 1.88. The van der Waals surface area contributed by atoms with Gasteiger partial charge in [0.25, 0.3) is 0 Å². The average Bonchev–Trinajstić information content (AvgIpc) is 3.18. The maximum atomic E-state index is 13.2. The summed E-state index contributed by atoms with van der Waals surface area (Å²) < 4.78 is 0. The standard InChI is InChI=1S/C20H23N3OS/c1-12(2)13-4-6-14(7-5-13)16-18(24)23(3)19(21)22-20(16)10-8-15-9-11-25-17(15)20/h4-7,9,11-12,16H,8,10H2,1-3H3,(H2,21,22)/t16-,20+/m1/s1. The van der Waals surface area contributed by atoms with Crippen LogP contribution in [0.1, 0.15) is 53.7 Å². The molecule has 1 spiro atoms. The first-order valence-electron chi connectivity index (χ1n) is 8.73. The molecule has 1 aromatic carbocycles. The summed E-state index contributed by atoms with van der Waals surface area (Å²) in [5, 5.41) is 2.10. The Kier molecular flexibility index (Phi) is 3.72. The monoisotopic (exact) mass is 353 g/mol. The Morgan fingerprint density at radius 2 is 2.00 bits per heavy atom. The van der Waals surface area contributed by atoms with Crippen molar-refractivity contribution in [3.63, 3.8) is 0 Å². The van der Waals surface area contributed by atoms with E-state index in [0.29, 0.717) is 11.9 Å². The fourth-order valence-electron chi connectivity index (χ4n) is 4.08. The molecule has 2 aliphatic rings. The highest BCUT2D eigenvalue weighted by Gasteiger charge is 2.53. The number of aryl methyl sites for hydroxylation is 1. The zero-order valence-corrected chi connectivity index (χ0v) is 15.6. The van der Waals surface area contributed by atoms with Crippen LogP contribution in [0, 0.1) is 0 Å². The molecule has 4 nitrogen and oxygen atoms in total. The molecule has 0 fully saturated rings. The third-order valence-electron chi connectivity index (χ3n) is 5.56. The minimum absolute atomic E-state index is 0.0334. The van der Waals surface area contributed by atoms with Crippen LogP contribution in [0.25, 0.3) is 0 Å². The van der Waals surface area contributed by atoms with E-state index in [1.807, 2.05) is 0 Å². The third-order valence-corrected chi connectivity index (χ3v) is 6.69. The van der Waals surface area contributed by atoms with Gasteiger partial charge >= 0.3 is 0 Å². The van der Waals surface area contributed by atoms with Gasteiger partial charge in [0.05, 0.1) is 5.92 Å². The minimum atomic E-state index is -0.545. The van der Waals surface area contributed by atoms with Gasteiger partial charge in [0.1, 0.15) is 5.54 Å². The Bertz CT molecular complexity index is 852. The number of likely N-dealkylation sites (N-methyl/N-ethyl adjacent to an activating group) is 1. The van der Waals surface area contributed by atoms with Crippen molar-refractivity contribution in [3.8, 4) is 0 Å². The van der Waals surface area contributed by atoms with Crippen molar-refractivity contribution in [1.82, 2.24) is 4.90 Å². The highest BCUT2D eigenvalue weighted by Crippen LogP contribution is 2.53. The van der Waals surface area contributed by atoms with Gasteiger partial charge in [-0.1, -0.05) is 38.1 Å². The molecule has 2 aromatic rings. The van der Waals surface area contributed by atoms with E-state index >= 15 is 0 Å². The first-order chi connectivity index (χ1) is 11.9. The Hall–Kier alpha value is -2.14. The molecule has 2 atom stereocenters. The molecule has 4 rings (SSSR count). The average molecular weight is 353 g/mol. The summed E-state index contributed by atoms with van der Waals surface area (Å²) >= 11 is 1.70. The van der Waals surface area contributed by atoms with Crippen LogP contribution in [0.4, 0.5) is 0 Å². The summed E-state index contributed by atoms with van der Waals surface area (Å²) in [5.41, 5.74) is 9.18. The van der Waals surface area contributed by atoms with Gasteiger partial charge < -0.3 is 5.73 Å². The van der Waals surface area contributed by atoms with Crippen LogP contribution in [0.3, 0.4) is 0 Å². The smallest absolute Gasteiger partial charge is 0.239 e. The molecule has 1 amide bonds. The van der Waals surface area contributed by atoms with Gasteiger partial charge in [-0.3, -0.25) is 9.69 Å². The van der Waals surface area contributed by atoms with Gasteiger partial charge in [0.15, 0.2) is 5.96 Å². The number of carbonyl (C=O) groups excluding carboxylic acids is 1. The maximum Gasteiger partial charge on any atom is 0.239 e. The van der Waals surface area contributed by atoms with Gasteiger partial charge in [-0.15, -0.1) is 11.3 Å². The molecule has 2 N–H and O–H groups in total. The van der Waals surface area contributed by atoms with E-state index in [9.17, 15) is 4.79 Å². The van der Waals surface area contributed by atoms with Gasteiger partial charge in [0.2, 0.25) is 5.91 Å². The molecular formula is C20H23N3OS. The lowest BCUT2D eigenvalue weighted by Crippen LogP contribution is -2.52. The maximum absolute atomic E-state index is 13.2. The zero-order valence-electron chi connectivity index (χ0n) is 14.8. The SMILES string of the molecule is CC(C)c1ccc([C@@H]2C(=O)N(C)C(N)=N[C@@]23CCc2ccsc23)cc1. The van der Waals surface area contributed by atoms with Crippen molar-refractivity contribution in [2.45, 2.75) is 44.1 Å². The molecule has 130 valence electrons. The van der Waals surface area contributed by atoms with Crippen LogP contribution in [0.5, 0.6) is 0 Å². The van der Waals surface area contributed by atoms with E-state index in [1.54, 1.807) is 18.4 Å². The van der Waals surface area contributed by atoms with Crippen molar-refractivity contribution in [1.29, 1.82) is 0 Å². The molecule has 25 heavy (non-hydrogen) atoms. The summed E-state index contributed by atoms with van der Waals surface area (Å²) in [6, 6.07) is 10.6. The summed E-state index contributed by atoms with van der Waals surface area (Å²) in [7, 11) is 1.72. The molecule has 1 aromatic heterocycles. The Morgan fingerprint density at radius 1 is 1.28 bits per heavy atom. The molecule has 0 saturated heterocycles. The quantitative estimate of drug-likeness (QED) is 0.897. The van der Waals surface area contributed by atoms with Gasteiger partial charge in [-0.25, -0.2) is 4.99 Å². The number of fused-ring (bicyclic) bond motifs is 2. The number of benzene rings is 1. The molecule has 0 radical (unpaired) electrons. The lowest BCUT2D eigenvalue weighted by atomic mass is 9.76. The van der Waals surface area contributed by atoms with Crippen LogP contribution < -0.4 is 5.73 Å².